The summed E-state index contributed by atoms with van der Waals surface area (Å²) >= 11 is 1.51. The Balaban J connectivity index is 1.85. The largest absolute Gasteiger partial charge is 0.341 e. The van der Waals surface area contributed by atoms with Crippen LogP contribution in [0.1, 0.15) is 19.7 Å². The molecule has 0 atom stereocenters. The van der Waals surface area contributed by atoms with Crippen LogP contribution in [0, 0.1) is 0 Å². The lowest BCUT2D eigenvalue weighted by Gasteiger charge is -2.18. The van der Waals surface area contributed by atoms with Crippen molar-refractivity contribution in [3.05, 3.63) is 30.4 Å². The number of thioether (sulfide) groups is 1. The van der Waals surface area contributed by atoms with E-state index in [1.807, 2.05) is 25.5 Å². The Hall–Kier alpha value is -1.91. The number of aromatic amines is 1. The summed E-state index contributed by atoms with van der Waals surface area (Å²) in [5, 5.41) is 8.65. The molecule has 0 spiro atoms. The van der Waals surface area contributed by atoms with Gasteiger partial charge in [0.15, 0.2) is 5.16 Å². The Labute approximate surface area is 150 Å². The topological polar surface area (TPSA) is 96.8 Å². The third-order valence-corrected chi connectivity index (χ3v) is 6.94. The summed E-state index contributed by atoms with van der Waals surface area (Å²) in [7, 11) is -1.60. The van der Waals surface area contributed by atoms with E-state index in [-0.39, 0.29) is 4.90 Å². The highest BCUT2D eigenvalue weighted by Gasteiger charge is 2.22. The normalized spacial score (nSPS) is 12.3. The minimum absolute atomic E-state index is 0.278. The van der Waals surface area contributed by atoms with Crippen LogP contribution in [0.4, 0.5) is 0 Å². The molecule has 1 aromatic carbocycles. The van der Waals surface area contributed by atoms with E-state index in [1.54, 1.807) is 24.5 Å². The van der Waals surface area contributed by atoms with Crippen LogP contribution >= 0.6 is 11.8 Å². The Morgan fingerprint density at radius 2 is 2.04 bits per heavy atom. The van der Waals surface area contributed by atoms with Gasteiger partial charge in [-0.25, -0.2) is 13.4 Å². The van der Waals surface area contributed by atoms with E-state index in [9.17, 15) is 8.42 Å². The van der Waals surface area contributed by atoms with Crippen LogP contribution in [0.3, 0.4) is 0 Å². The van der Waals surface area contributed by atoms with E-state index in [4.69, 9.17) is 0 Å². The summed E-state index contributed by atoms with van der Waals surface area (Å²) in [6.07, 6.45) is 1.64. The molecule has 0 unspecified atom stereocenters. The van der Waals surface area contributed by atoms with Crippen molar-refractivity contribution < 1.29 is 8.42 Å². The number of imidazole rings is 1. The summed E-state index contributed by atoms with van der Waals surface area (Å²) in [6.45, 7) is 4.55. The zero-order valence-corrected chi connectivity index (χ0v) is 15.9. The van der Waals surface area contributed by atoms with E-state index < -0.39 is 10.0 Å². The van der Waals surface area contributed by atoms with Crippen molar-refractivity contribution in [3.63, 3.8) is 0 Å². The zero-order valence-electron chi connectivity index (χ0n) is 14.3. The molecule has 3 aromatic rings. The summed E-state index contributed by atoms with van der Waals surface area (Å²) in [5.41, 5.74) is 1.45. The number of nitrogens with one attached hydrogen (secondary N) is 1. The first-order valence-electron chi connectivity index (χ1n) is 7.91. The molecular formula is C15H20N6O2S2. The van der Waals surface area contributed by atoms with Crippen LogP contribution < -0.4 is 0 Å². The molecule has 0 fully saturated rings. The molecule has 10 heteroatoms. The number of sulfonamides is 1. The second kappa shape index (κ2) is 7.14. The van der Waals surface area contributed by atoms with Gasteiger partial charge in [-0.3, -0.25) is 0 Å². The maximum absolute atomic E-state index is 12.6. The van der Waals surface area contributed by atoms with Gasteiger partial charge in [0, 0.05) is 20.1 Å². The predicted molar refractivity (Wildman–Crippen MR) is 96.8 cm³/mol. The minimum atomic E-state index is -3.48. The molecule has 0 amide bonds. The molecule has 0 saturated heterocycles. The van der Waals surface area contributed by atoms with E-state index in [1.165, 1.54) is 16.1 Å². The number of aryl methyl sites for hydroxylation is 1. The molecule has 0 aliphatic rings. The summed E-state index contributed by atoms with van der Waals surface area (Å²) in [5.74, 6) is 1.36. The number of hydrogen-bond acceptors (Lipinski definition) is 6. The van der Waals surface area contributed by atoms with E-state index in [0.717, 1.165) is 16.5 Å². The fourth-order valence-electron chi connectivity index (χ4n) is 2.52. The second-order valence-electron chi connectivity index (χ2n) is 5.46. The summed E-state index contributed by atoms with van der Waals surface area (Å²) in [6, 6.07) is 4.99. The van der Waals surface area contributed by atoms with Crippen molar-refractivity contribution >= 4 is 32.8 Å². The standard InChI is InChI=1S/C15H20N6O2S2/c1-4-21(5-2)25(22,23)11-6-7-12-13(8-11)18-14(17-12)9-24-15-19-16-10-20(15)3/h6-8,10H,4-5,9H2,1-3H3,(H,17,18). The van der Waals surface area contributed by atoms with Gasteiger partial charge in [-0.1, -0.05) is 25.6 Å². The third-order valence-electron chi connectivity index (χ3n) is 3.85. The van der Waals surface area contributed by atoms with E-state index >= 15 is 0 Å². The van der Waals surface area contributed by atoms with Gasteiger partial charge >= 0.3 is 0 Å². The fourth-order valence-corrected chi connectivity index (χ4v) is 4.76. The number of rotatable bonds is 7. The number of hydrogen-bond donors (Lipinski definition) is 1. The van der Waals surface area contributed by atoms with Gasteiger partial charge in [-0.2, -0.15) is 4.31 Å². The third kappa shape index (κ3) is 3.55. The lowest BCUT2D eigenvalue weighted by atomic mass is 10.3. The Kier molecular flexibility index (Phi) is 5.11. The lowest BCUT2D eigenvalue weighted by Crippen LogP contribution is -2.30. The van der Waals surface area contributed by atoms with Crippen molar-refractivity contribution in [3.8, 4) is 0 Å². The van der Waals surface area contributed by atoms with Gasteiger partial charge in [-0.15, -0.1) is 10.2 Å². The molecule has 2 aromatic heterocycles. The molecule has 8 nitrogen and oxygen atoms in total. The second-order valence-corrected chi connectivity index (χ2v) is 8.35. The van der Waals surface area contributed by atoms with Crippen molar-refractivity contribution in [1.82, 2.24) is 29.0 Å². The van der Waals surface area contributed by atoms with Crippen LogP contribution in [0.15, 0.2) is 34.6 Å². The highest BCUT2D eigenvalue weighted by Crippen LogP contribution is 2.23. The number of H-pyrrole nitrogens is 1. The quantitative estimate of drug-likeness (QED) is 0.630. The lowest BCUT2D eigenvalue weighted by molar-refractivity contribution is 0.445. The van der Waals surface area contributed by atoms with Gasteiger partial charge in [-0.05, 0) is 18.2 Å². The molecule has 2 heterocycles. The highest BCUT2D eigenvalue weighted by atomic mass is 32.2. The van der Waals surface area contributed by atoms with Crippen molar-refractivity contribution in [2.45, 2.75) is 29.7 Å². The minimum Gasteiger partial charge on any atom is -0.341 e. The van der Waals surface area contributed by atoms with Crippen molar-refractivity contribution in [2.75, 3.05) is 13.1 Å². The van der Waals surface area contributed by atoms with E-state index in [0.29, 0.717) is 24.4 Å². The maximum Gasteiger partial charge on any atom is 0.243 e. The van der Waals surface area contributed by atoms with Crippen molar-refractivity contribution in [1.29, 1.82) is 0 Å². The van der Waals surface area contributed by atoms with Gasteiger partial charge in [0.1, 0.15) is 12.2 Å². The molecule has 134 valence electrons. The van der Waals surface area contributed by atoms with Crippen LogP contribution in [0.5, 0.6) is 0 Å². The van der Waals surface area contributed by atoms with E-state index in [2.05, 4.69) is 20.2 Å². The van der Waals surface area contributed by atoms with Crippen LogP contribution in [0.25, 0.3) is 11.0 Å². The molecule has 25 heavy (non-hydrogen) atoms. The average Bonchev–Trinajstić information content (AvgIpc) is 3.18. The number of aromatic nitrogens is 5. The molecule has 1 N–H and O–H groups in total. The highest BCUT2D eigenvalue weighted by molar-refractivity contribution is 7.98. The SMILES string of the molecule is CCN(CC)S(=O)(=O)c1ccc2nc(CSc3nncn3C)[nH]c2c1. The molecular weight excluding hydrogens is 360 g/mol. The maximum atomic E-state index is 12.6. The first-order valence-corrected chi connectivity index (χ1v) is 10.3. The van der Waals surface area contributed by atoms with Crippen molar-refractivity contribution in [2.24, 2.45) is 7.05 Å². The van der Waals surface area contributed by atoms with Crippen LogP contribution in [0.2, 0.25) is 0 Å². The average molecular weight is 380 g/mol. The van der Waals surface area contributed by atoms with Crippen LogP contribution in [-0.4, -0.2) is 50.5 Å². The number of fused-ring (bicyclic) bond motifs is 1. The van der Waals surface area contributed by atoms with Gasteiger partial charge < -0.3 is 9.55 Å². The molecule has 0 saturated carbocycles. The van der Waals surface area contributed by atoms with Gasteiger partial charge in [0.25, 0.3) is 0 Å². The molecule has 0 bridgehead atoms. The first-order chi connectivity index (χ1) is 12.0. The predicted octanol–water partition coefficient (Wildman–Crippen LogP) is 2.01. The fraction of sp³-hybridized carbons (Fsp3) is 0.400. The molecule has 0 radical (unpaired) electrons. The first kappa shape index (κ1) is 17.9. The van der Waals surface area contributed by atoms with Gasteiger partial charge in [0.2, 0.25) is 10.0 Å². The Bertz CT molecular complexity index is 975. The molecule has 0 aliphatic carbocycles. The smallest absolute Gasteiger partial charge is 0.243 e. The Morgan fingerprint density at radius 3 is 2.68 bits per heavy atom. The van der Waals surface area contributed by atoms with Crippen LogP contribution in [-0.2, 0) is 22.8 Å². The van der Waals surface area contributed by atoms with Gasteiger partial charge in [0.05, 0.1) is 21.7 Å². The number of nitrogens with zero attached hydrogens (tertiary/aromatic N) is 5. The molecule has 0 aliphatic heterocycles. The summed E-state index contributed by atoms with van der Waals surface area (Å²) < 4.78 is 28.5. The summed E-state index contributed by atoms with van der Waals surface area (Å²) in [4.78, 5) is 7.98. The number of benzene rings is 1. The zero-order chi connectivity index (χ0) is 18.0. The molecule has 3 rings (SSSR count). The monoisotopic (exact) mass is 380 g/mol. The Morgan fingerprint density at radius 1 is 1.28 bits per heavy atom.